The van der Waals surface area contributed by atoms with Gasteiger partial charge in [0.1, 0.15) is 11.3 Å². The maximum atomic E-state index is 12.4. The lowest BCUT2D eigenvalue weighted by Crippen LogP contribution is -2.25. The molecule has 8 heteroatoms. The number of benzene rings is 2. The Bertz CT molecular complexity index is 1580. The summed E-state index contributed by atoms with van der Waals surface area (Å²) in [5.74, 6) is -0.419. The fourth-order valence-corrected chi connectivity index (χ4v) is 5.84. The number of hydrogen-bond acceptors (Lipinski definition) is 6. The standard InChI is InChI=1S/C33H38ClN3O4/c34-22-13-15-25-28(19-22)37-27-12-8-7-11-24(27)32(25)35-17-9-5-3-1-2-4-6-10-18-36-33(40)31-21-29(39)26-20-23(38)14-16-30(26)41-31/h13-16,19-21,38H,1-12,17-18H2,(H,35,37)(H,36,40). The molecule has 5 rings (SSSR count). The highest BCUT2D eigenvalue weighted by Gasteiger charge is 2.18. The third-order valence-electron chi connectivity index (χ3n) is 7.85. The van der Waals surface area contributed by atoms with E-state index in [2.05, 4.69) is 16.7 Å². The van der Waals surface area contributed by atoms with Gasteiger partial charge in [-0.2, -0.15) is 0 Å². The van der Waals surface area contributed by atoms with Crippen molar-refractivity contribution in [1.82, 2.24) is 10.3 Å². The number of halogens is 1. The van der Waals surface area contributed by atoms with Gasteiger partial charge in [-0.15, -0.1) is 0 Å². The number of rotatable bonds is 13. The molecule has 2 aromatic heterocycles. The van der Waals surface area contributed by atoms with E-state index in [4.69, 9.17) is 21.0 Å². The van der Waals surface area contributed by atoms with E-state index in [9.17, 15) is 14.7 Å². The highest BCUT2D eigenvalue weighted by molar-refractivity contribution is 6.31. The molecule has 1 aliphatic carbocycles. The third kappa shape index (κ3) is 7.39. The third-order valence-corrected chi connectivity index (χ3v) is 8.09. The van der Waals surface area contributed by atoms with Crippen LogP contribution in [0.25, 0.3) is 21.9 Å². The lowest BCUT2D eigenvalue weighted by Gasteiger charge is -2.22. The lowest BCUT2D eigenvalue weighted by atomic mass is 9.92. The number of carbonyl (C=O) groups is 1. The monoisotopic (exact) mass is 575 g/mol. The molecular weight excluding hydrogens is 538 g/mol. The molecule has 41 heavy (non-hydrogen) atoms. The highest BCUT2D eigenvalue weighted by atomic mass is 35.5. The van der Waals surface area contributed by atoms with Crippen molar-refractivity contribution in [3.05, 3.63) is 74.7 Å². The summed E-state index contributed by atoms with van der Waals surface area (Å²) in [6, 6.07) is 11.5. The Hall–Kier alpha value is -3.58. The number of nitrogens with zero attached hydrogens (tertiary/aromatic N) is 1. The van der Waals surface area contributed by atoms with Crippen molar-refractivity contribution < 1.29 is 14.3 Å². The van der Waals surface area contributed by atoms with Gasteiger partial charge < -0.3 is 20.2 Å². The molecule has 1 aliphatic rings. The van der Waals surface area contributed by atoms with Crippen LogP contribution in [0.1, 0.15) is 86.0 Å². The fraction of sp³-hybridized carbons (Fsp3) is 0.424. The van der Waals surface area contributed by atoms with E-state index < -0.39 is 5.91 Å². The average molecular weight is 576 g/mol. The summed E-state index contributed by atoms with van der Waals surface area (Å²) < 4.78 is 5.55. The first kappa shape index (κ1) is 28.9. The quantitative estimate of drug-likeness (QED) is 0.142. The largest absolute Gasteiger partial charge is 0.508 e. The van der Waals surface area contributed by atoms with Gasteiger partial charge >= 0.3 is 0 Å². The number of phenolic OH excluding ortho intramolecular Hbond substituents is 1. The van der Waals surface area contributed by atoms with Crippen molar-refractivity contribution in [2.45, 2.75) is 77.0 Å². The zero-order valence-electron chi connectivity index (χ0n) is 23.4. The number of aryl methyl sites for hydroxylation is 1. The van der Waals surface area contributed by atoms with Gasteiger partial charge in [0.25, 0.3) is 5.91 Å². The van der Waals surface area contributed by atoms with Gasteiger partial charge in [-0.3, -0.25) is 14.6 Å². The minimum absolute atomic E-state index is 0.0101. The average Bonchev–Trinajstić information content (AvgIpc) is 2.97. The number of aromatic hydroxyl groups is 1. The molecule has 3 N–H and O–H groups in total. The van der Waals surface area contributed by atoms with E-state index in [0.717, 1.165) is 55.6 Å². The Balaban J connectivity index is 0.955. The second-order valence-corrected chi connectivity index (χ2v) is 11.4. The molecule has 216 valence electrons. The first-order valence-electron chi connectivity index (χ1n) is 14.9. The first-order valence-corrected chi connectivity index (χ1v) is 15.3. The number of anilines is 1. The van der Waals surface area contributed by atoms with Gasteiger partial charge in [0.15, 0.2) is 11.2 Å². The van der Waals surface area contributed by atoms with Crippen molar-refractivity contribution in [3.63, 3.8) is 0 Å². The molecular formula is C33H38ClN3O4. The summed E-state index contributed by atoms with van der Waals surface area (Å²) >= 11 is 6.24. The van der Waals surface area contributed by atoms with Gasteiger partial charge in [0.2, 0.25) is 0 Å². The minimum atomic E-state index is -0.394. The Morgan fingerprint density at radius 2 is 1.61 bits per heavy atom. The van der Waals surface area contributed by atoms with Crippen LogP contribution >= 0.6 is 11.6 Å². The molecule has 4 aromatic rings. The van der Waals surface area contributed by atoms with Crippen LogP contribution in [-0.2, 0) is 12.8 Å². The van der Waals surface area contributed by atoms with Gasteiger partial charge in [0, 0.05) is 40.9 Å². The van der Waals surface area contributed by atoms with Gasteiger partial charge in [-0.1, -0.05) is 50.1 Å². The smallest absolute Gasteiger partial charge is 0.287 e. The van der Waals surface area contributed by atoms with Crippen LogP contribution in [0.3, 0.4) is 0 Å². The number of aromatic nitrogens is 1. The molecule has 0 fully saturated rings. The molecule has 1 amide bonds. The maximum absolute atomic E-state index is 12.4. The van der Waals surface area contributed by atoms with Gasteiger partial charge in [-0.05, 0) is 80.5 Å². The molecule has 2 heterocycles. The number of fused-ring (bicyclic) bond motifs is 3. The number of pyridine rings is 1. The number of amides is 1. The Kier molecular flexibility index (Phi) is 9.78. The molecule has 0 radical (unpaired) electrons. The SMILES string of the molecule is O=C(NCCCCCCCCCCNc1c2c(nc3cc(Cl)ccc13)CCCC2)c1cc(=O)c2cc(O)ccc2o1. The summed E-state index contributed by atoms with van der Waals surface area (Å²) in [5, 5.41) is 18.3. The minimum Gasteiger partial charge on any atom is -0.508 e. The number of nitrogens with one attached hydrogen (secondary N) is 2. The number of unbranched alkanes of at least 4 members (excludes halogenated alkanes) is 7. The lowest BCUT2D eigenvalue weighted by molar-refractivity contribution is 0.0926. The molecule has 2 aromatic carbocycles. The van der Waals surface area contributed by atoms with E-state index in [1.165, 1.54) is 85.1 Å². The van der Waals surface area contributed by atoms with E-state index in [0.29, 0.717) is 6.54 Å². The Labute approximate surface area is 245 Å². The molecule has 0 spiro atoms. The van der Waals surface area contributed by atoms with Crippen LogP contribution in [0.4, 0.5) is 5.69 Å². The Morgan fingerprint density at radius 3 is 2.41 bits per heavy atom. The number of carbonyl (C=O) groups excluding carboxylic acids is 1. The maximum Gasteiger partial charge on any atom is 0.287 e. The van der Waals surface area contributed by atoms with Crippen molar-refractivity contribution >= 4 is 45.1 Å². The molecule has 0 unspecified atom stereocenters. The van der Waals surface area contributed by atoms with Crippen molar-refractivity contribution in [3.8, 4) is 5.75 Å². The van der Waals surface area contributed by atoms with E-state index in [1.54, 1.807) is 0 Å². The topological polar surface area (TPSA) is 104 Å². The molecule has 7 nitrogen and oxygen atoms in total. The number of phenols is 1. The summed E-state index contributed by atoms with van der Waals surface area (Å²) in [6.07, 6.45) is 13.6. The van der Waals surface area contributed by atoms with Crippen LogP contribution in [0.5, 0.6) is 5.75 Å². The molecule has 0 bridgehead atoms. The second-order valence-electron chi connectivity index (χ2n) is 10.9. The van der Waals surface area contributed by atoms with Crippen molar-refractivity contribution in [1.29, 1.82) is 0 Å². The van der Waals surface area contributed by atoms with E-state index >= 15 is 0 Å². The fourth-order valence-electron chi connectivity index (χ4n) is 5.67. The van der Waals surface area contributed by atoms with Crippen LogP contribution in [0.15, 0.2) is 51.7 Å². The summed E-state index contributed by atoms with van der Waals surface area (Å²) in [7, 11) is 0. The van der Waals surface area contributed by atoms with Crippen molar-refractivity contribution in [2.24, 2.45) is 0 Å². The summed E-state index contributed by atoms with van der Waals surface area (Å²) in [5.41, 5.74) is 4.81. The summed E-state index contributed by atoms with van der Waals surface area (Å²) in [4.78, 5) is 29.5. The van der Waals surface area contributed by atoms with Crippen molar-refractivity contribution in [2.75, 3.05) is 18.4 Å². The van der Waals surface area contributed by atoms with Crippen LogP contribution in [-0.4, -0.2) is 29.1 Å². The van der Waals surface area contributed by atoms with Crippen LogP contribution in [0, 0.1) is 0 Å². The number of hydrogen-bond donors (Lipinski definition) is 3. The first-order chi connectivity index (χ1) is 20.0. The summed E-state index contributed by atoms with van der Waals surface area (Å²) in [6.45, 7) is 1.51. The zero-order valence-corrected chi connectivity index (χ0v) is 24.2. The predicted octanol–water partition coefficient (Wildman–Crippen LogP) is 7.54. The van der Waals surface area contributed by atoms with Gasteiger partial charge in [0.05, 0.1) is 10.9 Å². The van der Waals surface area contributed by atoms with Crippen LogP contribution in [0.2, 0.25) is 5.02 Å². The molecule has 0 atom stereocenters. The molecule has 0 aliphatic heterocycles. The normalized spacial score (nSPS) is 12.9. The highest BCUT2D eigenvalue weighted by Crippen LogP contribution is 2.34. The second kappa shape index (κ2) is 13.9. The van der Waals surface area contributed by atoms with Gasteiger partial charge in [-0.25, -0.2) is 0 Å². The Morgan fingerprint density at radius 1 is 0.878 bits per heavy atom. The van der Waals surface area contributed by atoms with Crippen LogP contribution < -0.4 is 16.1 Å². The van der Waals surface area contributed by atoms with E-state index in [1.807, 2.05) is 12.1 Å². The molecule has 0 saturated carbocycles. The molecule has 0 saturated heterocycles. The van der Waals surface area contributed by atoms with E-state index in [-0.39, 0.29) is 27.9 Å². The predicted molar refractivity (Wildman–Crippen MR) is 165 cm³/mol. The zero-order chi connectivity index (χ0) is 28.6.